The van der Waals surface area contributed by atoms with Crippen molar-refractivity contribution >= 4 is 17.5 Å². The molecule has 2 N–H and O–H groups in total. The van der Waals surface area contributed by atoms with Crippen LogP contribution in [-0.2, 0) is 6.42 Å². The number of hydrogen-bond donors (Lipinski definition) is 2. The van der Waals surface area contributed by atoms with Crippen molar-refractivity contribution in [3.63, 3.8) is 0 Å². The van der Waals surface area contributed by atoms with Crippen LogP contribution >= 0.6 is 0 Å². The van der Waals surface area contributed by atoms with Gasteiger partial charge in [-0.05, 0) is 44.9 Å². The first kappa shape index (κ1) is 22.1. The summed E-state index contributed by atoms with van der Waals surface area (Å²) in [5.41, 5.74) is 2.39. The van der Waals surface area contributed by atoms with Gasteiger partial charge in [0.1, 0.15) is 11.6 Å². The lowest BCUT2D eigenvalue weighted by Crippen LogP contribution is -2.35. The van der Waals surface area contributed by atoms with E-state index in [2.05, 4.69) is 20.6 Å². The zero-order chi connectivity index (χ0) is 22.7. The highest BCUT2D eigenvalue weighted by Gasteiger charge is 2.21. The molecule has 0 aliphatic heterocycles. The van der Waals surface area contributed by atoms with E-state index >= 15 is 0 Å². The Morgan fingerprint density at radius 2 is 1.81 bits per heavy atom. The maximum atomic E-state index is 14.3. The quantitative estimate of drug-likeness (QED) is 0.621. The van der Waals surface area contributed by atoms with Crippen LogP contribution in [0.2, 0.25) is 0 Å². The highest BCUT2D eigenvalue weighted by atomic mass is 19.1. The van der Waals surface area contributed by atoms with Crippen LogP contribution < -0.4 is 10.6 Å². The van der Waals surface area contributed by atoms with E-state index in [1.54, 1.807) is 20.0 Å². The third-order valence-corrected chi connectivity index (χ3v) is 4.70. The number of pyridine rings is 1. The summed E-state index contributed by atoms with van der Waals surface area (Å²) in [5, 5.41) is 4.96. The van der Waals surface area contributed by atoms with Crippen molar-refractivity contribution < 1.29 is 22.8 Å². The molecule has 0 radical (unpaired) electrons. The van der Waals surface area contributed by atoms with Crippen molar-refractivity contribution in [2.24, 2.45) is 0 Å². The molecule has 3 rings (SSSR count). The van der Waals surface area contributed by atoms with E-state index < -0.39 is 29.0 Å². The van der Waals surface area contributed by atoms with Crippen LogP contribution in [0.25, 0.3) is 0 Å². The predicted octanol–water partition coefficient (Wildman–Crippen LogP) is 3.89. The Hall–Kier alpha value is -3.62. The summed E-state index contributed by atoms with van der Waals surface area (Å²) in [5.74, 6) is -3.67. The molecule has 2 amide bonds. The molecule has 0 spiro atoms. The SMILES string of the molecule is Cc1cnc(CC(C)NC(=O)c2cc(NC(=O)c3ocnc3C)c(F)cc2F)c(C)c1. The lowest BCUT2D eigenvalue weighted by molar-refractivity contribution is 0.0934. The summed E-state index contributed by atoms with van der Waals surface area (Å²) in [6.07, 6.45) is 3.26. The number of nitrogens with one attached hydrogen (secondary N) is 2. The van der Waals surface area contributed by atoms with Gasteiger partial charge in [0.2, 0.25) is 5.76 Å². The van der Waals surface area contributed by atoms with Crippen LogP contribution in [0, 0.1) is 32.4 Å². The second-order valence-corrected chi connectivity index (χ2v) is 7.39. The van der Waals surface area contributed by atoms with Crippen LogP contribution in [0.5, 0.6) is 0 Å². The van der Waals surface area contributed by atoms with Gasteiger partial charge in [0.25, 0.3) is 11.8 Å². The van der Waals surface area contributed by atoms with Gasteiger partial charge in [-0.1, -0.05) is 6.07 Å². The zero-order valence-electron chi connectivity index (χ0n) is 17.5. The molecular weight excluding hydrogens is 406 g/mol. The number of anilines is 1. The number of benzene rings is 1. The minimum Gasteiger partial charge on any atom is -0.438 e. The smallest absolute Gasteiger partial charge is 0.293 e. The van der Waals surface area contributed by atoms with Gasteiger partial charge < -0.3 is 15.1 Å². The van der Waals surface area contributed by atoms with Gasteiger partial charge in [0, 0.05) is 30.4 Å². The fourth-order valence-corrected chi connectivity index (χ4v) is 3.12. The summed E-state index contributed by atoms with van der Waals surface area (Å²) in [6, 6.07) is 3.13. The van der Waals surface area contributed by atoms with Gasteiger partial charge in [-0.25, -0.2) is 13.8 Å². The van der Waals surface area contributed by atoms with Crippen LogP contribution in [0.4, 0.5) is 14.5 Å². The molecule has 7 nitrogen and oxygen atoms in total. The van der Waals surface area contributed by atoms with E-state index in [0.29, 0.717) is 18.2 Å². The van der Waals surface area contributed by atoms with Gasteiger partial charge in [0.15, 0.2) is 6.39 Å². The molecule has 1 atom stereocenters. The Balaban J connectivity index is 1.75. The molecule has 0 aliphatic rings. The van der Waals surface area contributed by atoms with Crippen LogP contribution in [0.1, 0.15) is 50.4 Å². The fraction of sp³-hybridized carbons (Fsp3) is 0.273. The van der Waals surface area contributed by atoms with Gasteiger partial charge >= 0.3 is 0 Å². The zero-order valence-corrected chi connectivity index (χ0v) is 17.5. The van der Waals surface area contributed by atoms with E-state index in [0.717, 1.165) is 29.3 Å². The number of oxazole rings is 1. The van der Waals surface area contributed by atoms with E-state index in [1.165, 1.54) is 0 Å². The Labute approximate surface area is 177 Å². The predicted molar refractivity (Wildman–Crippen MR) is 110 cm³/mol. The first-order valence-electron chi connectivity index (χ1n) is 9.59. The third kappa shape index (κ3) is 5.11. The van der Waals surface area contributed by atoms with Crippen LogP contribution in [0.15, 0.2) is 35.2 Å². The average Bonchev–Trinajstić information content (AvgIpc) is 3.12. The lowest BCUT2D eigenvalue weighted by Gasteiger charge is -2.16. The summed E-state index contributed by atoms with van der Waals surface area (Å²) in [4.78, 5) is 33.0. The van der Waals surface area contributed by atoms with Crippen molar-refractivity contribution in [3.05, 3.63) is 76.3 Å². The molecule has 1 unspecified atom stereocenters. The number of aromatic nitrogens is 2. The first-order valence-corrected chi connectivity index (χ1v) is 9.59. The summed E-state index contributed by atoms with van der Waals surface area (Å²) in [7, 11) is 0. The maximum Gasteiger partial charge on any atom is 0.293 e. The molecule has 0 saturated heterocycles. The molecule has 0 saturated carbocycles. The van der Waals surface area contributed by atoms with Gasteiger partial charge in [-0.2, -0.15) is 0 Å². The Morgan fingerprint density at radius 1 is 1.06 bits per heavy atom. The molecule has 2 aromatic heterocycles. The molecule has 0 aliphatic carbocycles. The Kier molecular flexibility index (Phi) is 6.43. The molecule has 31 heavy (non-hydrogen) atoms. The number of amides is 2. The highest BCUT2D eigenvalue weighted by Crippen LogP contribution is 2.21. The van der Waals surface area contributed by atoms with Crippen molar-refractivity contribution in [2.45, 2.75) is 40.2 Å². The molecular formula is C22H22F2N4O3. The largest absolute Gasteiger partial charge is 0.438 e. The lowest BCUT2D eigenvalue weighted by atomic mass is 10.1. The average molecular weight is 428 g/mol. The highest BCUT2D eigenvalue weighted by molar-refractivity contribution is 6.04. The molecule has 1 aromatic carbocycles. The first-order chi connectivity index (χ1) is 14.7. The second kappa shape index (κ2) is 9.03. The number of nitrogens with zero attached hydrogens (tertiary/aromatic N) is 2. The van der Waals surface area contributed by atoms with E-state index in [4.69, 9.17) is 4.42 Å². The van der Waals surface area contributed by atoms with Crippen molar-refractivity contribution in [3.8, 4) is 0 Å². The molecule has 3 aromatic rings. The summed E-state index contributed by atoms with van der Waals surface area (Å²) in [6.45, 7) is 7.17. The molecule has 9 heteroatoms. The van der Waals surface area contributed by atoms with Crippen LogP contribution in [-0.4, -0.2) is 27.8 Å². The van der Waals surface area contributed by atoms with E-state index in [-0.39, 0.29) is 17.5 Å². The number of rotatable bonds is 6. The summed E-state index contributed by atoms with van der Waals surface area (Å²) >= 11 is 0. The number of carbonyl (C=O) groups excluding carboxylic acids is 2. The number of halogens is 2. The molecule has 2 heterocycles. The van der Waals surface area contributed by atoms with Gasteiger partial charge in [-0.15, -0.1) is 0 Å². The van der Waals surface area contributed by atoms with Crippen molar-refractivity contribution in [1.29, 1.82) is 0 Å². The van der Waals surface area contributed by atoms with Crippen LogP contribution in [0.3, 0.4) is 0 Å². The standard InChI is InChI=1S/C22H22F2N4O3/c1-11-5-12(2)18(25-9-11)6-13(3)27-21(29)15-7-19(17(24)8-16(15)23)28-22(30)20-14(4)26-10-31-20/h5,7-10,13H,6H2,1-4H3,(H,27,29)(H,28,30). The third-order valence-electron chi connectivity index (χ3n) is 4.70. The maximum absolute atomic E-state index is 14.3. The van der Waals surface area contributed by atoms with E-state index in [1.807, 2.05) is 19.9 Å². The Bertz CT molecular complexity index is 1140. The monoisotopic (exact) mass is 428 g/mol. The molecule has 162 valence electrons. The Morgan fingerprint density at radius 3 is 2.45 bits per heavy atom. The van der Waals surface area contributed by atoms with Gasteiger partial charge in [-0.3, -0.25) is 14.6 Å². The molecule has 0 bridgehead atoms. The van der Waals surface area contributed by atoms with Crippen molar-refractivity contribution in [2.75, 3.05) is 5.32 Å². The fourth-order valence-electron chi connectivity index (χ4n) is 3.12. The number of hydrogen-bond acceptors (Lipinski definition) is 5. The van der Waals surface area contributed by atoms with Crippen molar-refractivity contribution in [1.82, 2.24) is 15.3 Å². The number of aryl methyl sites for hydroxylation is 3. The minimum atomic E-state index is -1.04. The van der Waals surface area contributed by atoms with Gasteiger partial charge in [0.05, 0.1) is 16.9 Å². The normalized spacial score (nSPS) is 11.8. The second-order valence-electron chi connectivity index (χ2n) is 7.39. The van der Waals surface area contributed by atoms with E-state index in [9.17, 15) is 18.4 Å². The topological polar surface area (TPSA) is 97.1 Å². The molecule has 0 fully saturated rings. The minimum absolute atomic E-state index is 0.107. The number of carbonyl (C=O) groups is 2. The summed E-state index contributed by atoms with van der Waals surface area (Å²) < 4.78 is 33.4.